The van der Waals surface area contributed by atoms with Crippen LogP contribution in [0.1, 0.15) is 105 Å². The number of carbonyl (C=O) groups is 3. The molecule has 0 spiro atoms. The van der Waals surface area contributed by atoms with E-state index in [9.17, 15) is 35.1 Å². The second-order valence-electron chi connectivity index (χ2n) is 22.0. The van der Waals surface area contributed by atoms with Crippen LogP contribution in [-0.4, -0.2) is 72.4 Å². The number of carboxylic acid groups (broad SMARTS) is 1. The Hall–Kier alpha value is -4.58. The average Bonchev–Trinajstić information content (AvgIpc) is 3.93. The Labute approximate surface area is 369 Å². The van der Waals surface area contributed by atoms with Crippen molar-refractivity contribution in [1.82, 2.24) is 0 Å². The molecule has 12 unspecified atom stereocenters. The fourth-order valence-corrected chi connectivity index (χ4v) is 16.8. The summed E-state index contributed by atoms with van der Waals surface area (Å²) >= 11 is 0. The number of Topliss-reactive ketones (excluding diaryl/α,β-unsaturated/α-hetero) is 2. The minimum atomic E-state index is -2.25. The average molecular weight is 858 g/mol. The van der Waals surface area contributed by atoms with E-state index in [0.29, 0.717) is 40.7 Å². The van der Waals surface area contributed by atoms with E-state index in [2.05, 4.69) is 31.8 Å². The highest BCUT2D eigenvalue weighted by molar-refractivity contribution is 6.02. The summed E-state index contributed by atoms with van der Waals surface area (Å²) in [5.74, 6) is -6.17. The number of nitrogens with two attached hydrogens (primary N) is 2. The Morgan fingerprint density at radius 2 is 1.67 bits per heavy atom. The number of hydrogen-bond donors (Lipinski definition) is 7. The lowest BCUT2D eigenvalue weighted by atomic mass is 9.35. The van der Waals surface area contributed by atoms with E-state index in [1.165, 1.54) is 6.92 Å². The zero-order valence-electron chi connectivity index (χ0n) is 37.4. The molecule has 334 valence electrons. The summed E-state index contributed by atoms with van der Waals surface area (Å²) in [7, 11) is 0. The first-order valence-corrected chi connectivity index (χ1v) is 23.1. The van der Waals surface area contributed by atoms with Crippen molar-refractivity contribution in [3.63, 3.8) is 0 Å². The quantitative estimate of drug-likeness (QED) is 0.0509. The molecular weight excluding hydrogens is 795 g/mol. The molecular formula is C52H63N3O8. The summed E-state index contributed by atoms with van der Waals surface area (Å²) in [5.41, 5.74) is 6.68. The van der Waals surface area contributed by atoms with Crippen molar-refractivity contribution in [1.29, 1.82) is 0 Å². The van der Waals surface area contributed by atoms with Crippen LogP contribution in [0.15, 0.2) is 98.3 Å². The molecule has 1 aromatic carbocycles. The van der Waals surface area contributed by atoms with Gasteiger partial charge in [0.2, 0.25) is 0 Å². The predicted octanol–water partition coefficient (Wildman–Crippen LogP) is 6.66. The van der Waals surface area contributed by atoms with Crippen molar-refractivity contribution < 1.29 is 39.9 Å². The first-order chi connectivity index (χ1) is 29.6. The molecule has 4 saturated carbocycles. The van der Waals surface area contributed by atoms with Gasteiger partial charge in [-0.05, 0) is 89.2 Å². The molecule has 12 atom stereocenters. The summed E-state index contributed by atoms with van der Waals surface area (Å²) in [6.07, 6.45) is 12.6. The van der Waals surface area contributed by atoms with Crippen LogP contribution in [0.3, 0.4) is 0 Å². The van der Waals surface area contributed by atoms with Gasteiger partial charge in [-0.2, -0.15) is 0 Å². The van der Waals surface area contributed by atoms with Crippen LogP contribution >= 0.6 is 0 Å². The summed E-state index contributed by atoms with van der Waals surface area (Å²) in [4.78, 5) is 47.2. The van der Waals surface area contributed by atoms with Gasteiger partial charge in [-0.25, -0.2) is 4.79 Å². The fraction of sp³-hybridized carbons (Fsp3) is 0.577. The topological polar surface area (TPSA) is 217 Å². The number of nitrogens with zero attached hydrogens (tertiary/aromatic N) is 1. The normalized spacial score (nSPS) is 43.6. The number of ketones is 2. The van der Waals surface area contributed by atoms with E-state index < -0.39 is 91.3 Å². The van der Waals surface area contributed by atoms with Crippen molar-refractivity contribution in [2.24, 2.45) is 79.5 Å². The smallest absolute Gasteiger partial charge is 0.334 e. The third kappa shape index (κ3) is 4.92. The molecule has 0 bridgehead atoms. The second-order valence-corrected chi connectivity index (χ2v) is 22.0. The molecule has 11 heteroatoms. The summed E-state index contributed by atoms with van der Waals surface area (Å²) in [6.45, 7) is 11.4. The van der Waals surface area contributed by atoms with E-state index in [1.54, 1.807) is 0 Å². The third-order valence-corrected chi connectivity index (χ3v) is 19.3. The van der Waals surface area contributed by atoms with Gasteiger partial charge in [0, 0.05) is 59.0 Å². The van der Waals surface area contributed by atoms with Gasteiger partial charge in [0.15, 0.2) is 17.3 Å². The lowest BCUT2D eigenvalue weighted by molar-refractivity contribution is -0.165. The van der Waals surface area contributed by atoms with Crippen molar-refractivity contribution in [2.75, 3.05) is 6.54 Å². The van der Waals surface area contributed by atoms with Crippen molar-refractivity contribution in [2.45, 2.75) is 116 Å². The zero-order valence-corrected chi connectivity index (χ0v) is 37.4. The Kier molecular flexibility index (Phi) is 8.92. The van der Waals surface area contributed by atoms with E-state index in [-0.39, 0.29) is 49.3 Å². The van der Waals surface area contributed by atoms with Crippen molar-refractivity contribution in [3.05, 3.63) is 98.9 Å². The van der Waals surface area contributed by atoms with Crippen LogP contribution in [0.2, 0.25) is 0 Å². The van der Waals surface area contributed by atoms with Crippen LogP contribution < -0.4 is 11.5 Å². The molecule has 0 saturated heterocycles. The summed E-state index contributed by atoms with van der Waals surface area (Å²) in [6, 6.07) is 9.88. The number of rotatable bonds is 7. The van der Waals surface area contributed by atoms with Gasteiger partial charge in [-0.1, -0.05) is 114 Å². The van der Waals surface area contributed by atoms with E-state index >= 15 is 4.79 Å². The number of fused-ring (bicyclic) bond motifs is 3. The van der Waals surface area contributed by atoms with Crippen molar-refractivity contribution >= 4 is 29.6 Å². The summed E-state index contributed by atoms with van der Waals surface area (Å²) in [5, 5.41) is 65.1. The van der Waals surface area contributed by atoms with Gasteiger partial charge in [0.25, 0.3) is 0 Å². The Balaban J connectivity index is 1.32. The molecule has 63 heavy (non-hydrogen) atoms. The number of hydrogen-bond acceptors (Lipinski definition) is 8. The number of guanidine groups is 1. The van der Waals surface area contributed by atoms with Crippen LogP contribution in [0.25, 0.3) is 6.08 Å². The van der Waals surface area contributed by atoms with Gasteiger partial charge in [0.05, 0.1) is 5.57 Å². The van der Waals surface area contributed by atoms with E-state index in [0.717, 1.165) is 36.8 Å². The number of benzene rings is 1. The van der Waals surface area contributed by atoms with Crippen LogP contribution in [0, 0.1) is 63.1 Å². The SMILES string of the molecule is CC(C(=O)O)=C(O)C1(O)C2=CCC3=C2C2C(C(C4CCCC4)C1CN=C(N)N)C1(C)CC(=O)C4=C5C(O)(C=C(C3)C2(O)C51C)C(C=Cc1ccccc1)C1C(C)(C)C(=O)CCC41C. The van der Waals surface area contributed by atoms with Crippen LogP contribution in [-0.2, 0) is 14.4 Å². The molecule has 9 N–H and O–H groups in total. The standard InChI is InChI=1S/C52H63N3O8/c1-26(44(59)60)43(58)51(62)31-19-17-29-22-30-23-50(61)32(18-16-27-12-8-7-9-13-27)41-46(2,3)35(57)20-21-47(41,4)38-34(56)24-48(5)39(40(37(29)31)52(30,63)49(48,6)42(38)50)36(28-14-10-11-15-28)33(51)25-55-45(53)54/h7-9,12-13,16,18-19,23,28,32-33,36,39-41,58,61-63H,10-11,14-15,17,20-22,24-25H2,1-6H3,(H,59,60)(H4,53,54,55). The maximum absolute atomic E-state index is 15.9. The first kappa shape index (κ1) is 42.4. The highest BCUT2D eigenvalue weighted by Gasteiger charge is 2.85. The maximum Gasteiger partial charge on any atom is 0.334 e. The molecule has 10 rings (SSSR count). The van der Waals surface area contributed by atoms with Crippen molar-refractivity contribution in [3.8, 4) is 0 Å². The molecule has 0 amide bonds. The highest BCUT2D eigenvalue weighted by atomic mass is 16.4. The highest BCUT2D eigenvalue weighted by Crippen LogP contribution is 2.84. The number of carbonyl (C=O) groups excluding carboxylic acids is 2. The maximum atomic E-state index is 15.9. The number of aliphatic imine (C=N–C) groups is 1. The predicted molar refractivity (Wildman–Crippen MR) is 238 cm³/mol. The van der Waals surface area contributed by atoms with Crippen LogP contribution in [0.5, 0.6) is 0 Å². The zero-order chi connectivity index (χ0) is 45.2. The molecule has 9 aliphatic carbocycles. The molecule has 1 aromatic rings. The second kappa shape index (κ2) is 13.3. The third-order valence-electron chi connectivity index (χ3n) is 19.3. The van der Waals surface area contributed by atoms with Gasteiger partial charge >= 0.3 is 5.97 Å². The molecule has 0 heterocycles. The van der Waals surface area contributed by atoms with E-state index in [1.807, 2.05) is 62.4 Å². The monoisotopic (exact) mass is 857 g/mol. The molecule has 0 aliphatic heterocycles. The minimum Gasteiger partial charge on any atom is -0.508 e. The first-order valence-electron chi connectivity index (χ1n) is 23.1. The number of aliphatic hydroxyl groups excluding tert-OH is 1. The Morgan fingerprint density at radius 1 is 0.984 bits per heavy atom. The molecule has 9 aliphatic rings. The molecule has 11 nitrogen and oxygen atoms in total. The van der Waals surface area contributed by atoms with Gasteiger partial charge < -0.3 is 37.0 Å². The van der Waals surface area contributed by atoms with Gasteiger partial charge in [-0.3, -0.25) is 14.6 Å². The summed E-state index contributed by atoms with van der Waals surface area (Å²) < 4.78 is 0. The molecule has 0 radical (unpaired) electrons. The Morgan fingerprint density at radius 3 is 2.32 bits per heavy atom. The lowest BCUT2D eigenvalue weighted by Crippen LogP contribution is -2.71. The van der Waals surface area contributed by atoms with Crippen LogP contribution in [0.4, 0.5) is 0 Å². The minimum absolute atomic E-state index is 0.0463. The molecule has 4 fully saturated rings. The largest absolute Gasteiger partial charge is 0.508 e. The number of allylic oxidation sites excluding steroid dienone is 3. The Bertz CT molecular complexity index is 2500. The van der Waals surface area contributed by atoms with E-state index in [4.69, 9.17) is 11.5 Å². The number of carboxylic acids is 1. The molecule has 0 aromatic heterocycles. The number of aliphatic carboxylic acids is 1. The lowest BCUT2D eigenvalue weighted by Gasteiger charge is -2.69. The fourth-order valence-electron chi connectivity index (χ4n) is 16.8. The van der Waals surface area contributed by atoms with Gasteiger partial charge in [-0.15, -0.1) is 0 Å². The number of aliphatic hydroxyl groups is 4. The van der Waals surface area contributed by atoms with Gasteiger partial charge in [0.1, 0.15) is 22.7 Å².